The lowest BCUT2D eigenvalue weighted by Crippen LogP contribution is -2.30. The van der Waals surface area contributed by atoms with Crippen molar-refractivity contribution in [1.82, 2.24) is 14.5 Å². The number of hydrogen-bond acceptors (Lipinski definition) is 4. The molecule has 0 radical (unpaired) electrons. The van der Waals surface area contributed by atoms with Crippen molar-refractivity contribution < 1.29 is 13.5 Å². The molecule has 0 aromatic carbocycles. The Morgan fingerprint density at radius 3 is 2.82 bits per heavy atom. The van der Waals surface area contributed by atoms with Gasteiger partial charge in [-0.3, -0.25) is 5.10 Å². The van der Waals surface area contributed by atoms with Crippen LogP contribution in [-0.2, 0) is 10.0 Å². The lowest BCUT2D eigenvalue weighted by molar-refractivity contribution is 0.133. The van der Waals surface area contributed by atoms with Crippen molar-refractivity contribution >= 4 is 10.0 Å². The van der Waals surface area contributed by atoms with Gasteiger partial charge in [-0.1, -0.05) is 0 Å². The van der Waals surface area contributed by atoms with Gasteiger partial charge in [0.15, 0.2) is 0 Å². The molecule has 1 fully saturated rings. The van der Waals surface area contributed by atoms with Gasteiger partial charge in [-0.05, 0) is 26.2 Å². The summed E-state index contributed by atoms with van der Waals surface area (Å²) < 4.78 is 26.0. The maximum atomic E-state index is 12.3. The standard InChI is InChI=1S/C10H17N3O3S/c1-7-10(5-11-12-7)17(15,16)13-4-3-9(6-13)8(2)14/h5,8-9,14H,3-4,6H2,1-2H3,(H,11,12). The van der Waals surface area contributed by atoms with Gasteiger partial charge in [0.05, 0.1) is 18.0 Å². The zero-order chi connectivity index (χ0) is 12.6. The maximum absolute atomic E-state index is 12.3. The number of nitrogens with one attached hydrogen (secondary N) is 1. The number of H-pyrrole nitrogens is 1. The Morgan fingerprint density at radius 2 is 2.35 bits per heavy atom. The van der Waals surface area contributed by atoms with Crippen LogP contribution in [0.5, 0.6) is 0 Å². The second-order valence-corrected chi connectivity index (χ2v) is 6.42. The molecule has 2 rings (SSSR count). The van der Waals surface area contributed by atoms with Crippen LogP contribution in [0, 0.1) is 12.8 Å². The molecule has 7 heteroatoms. The minimum atomic E-state index is -3.46. The second-order valence-electron chi connectivity index (χ2n) is 4.51. The van der Waals surface area contributed by atoms with Crippen molar-refractivity contribution in [2.24, 2.45) is 5.92 Å². The van der Waals surface area contributed by atoms with Crippen LogP contribution in [0.4, 0.5) is 0 Å². The Morgan fingerprint density at radius 1 is 1.65 bits per heavy atom. The van der Waals surface area contributed by atoms with Crippen LogP contribution < -0.4 is 0 Å². The topological polar surface area (TPSA) is 86.3 Å². The molecule has 0 spiro atoms. The Bertz CT molecular complexity index is 495. The van der Waals surface area contributed by atoms with E-state index in [9.17, 15) is 13.5 Å². The van der Waals surface area contributed by atoms with E-state index in [4.69, 9.17) is 0 Å². The molecule has 96 valence electrons. The van der Waals surface area contributed by atoms with Crippen LogP contribution in [0.1, 0.15) is 19.0 Å². The fourth-order valence-electron chi connectivity index (χ4n) is 2.10. The summed E-state index contributed by atoms with van der Waals surface area (Å²) in [5, 5.41) is 15.8. The van der Waals surface area contributed by atoms with Crippen molar-refractivity contribution in [1.29, 1.82) is 0 Å². The summed E-state index contributed by atoms with van der Waals surface area (Å²) in [6.07, 6.45) is 1.56. The number of aliphatic hydroxyl groups is 1. The highest BCUT2D eigenvalue weighted by atomic mass is 32.2. The molecule has 1 aromatic rings. The smallest absolute Gasteiger partial charge is 0.246 e. The molecule has 2 unspecified atom stereocenters. The van der Waals surface area contributed by atoms with Gasteiger partial charge in [0.1, 0.15) is 4.90 Å². The Hall–Kier alpha value is -0.920. The van der Waals surface area contributed by atoms with Crippen molar-refractivity contribution in [3.63, 3.8) is 0 Å². The van der Waals surface area contributed by atoms with Gasteiger partial charge in [-0.15, -0.1) is 0 Å². The summed E-state index contributed by atoms with van der Waals surface area (Å²) in [6.45, 7) is 4.22. The van der Waals surface area contributed by atoms with E-state index < -0.39 is 16.1 Å². The van der Waals surface area contributed by atoms with E-state index >= 15 is 0 Å². The zero-order valence-electron chi connectivity index (χ0n) is 9.92. The average Bonchev–Trinajstić information content (AvgIpc) is 2.84. The summed E-state index contributed by atoms with van der Waals surface area (Å²) in [4.78, 5) is 0.226. The highest BCUT2D eigenvalue weighted by molar-refractivity contribution is 7.89. The molecule has 6 nitrogen and oxygen atoms in total. The number of aromatic amines is 1. The number of nitrogens with zero attached hydrogens (tertiary/aromatic N) is 2. The van der Waals surface area contributed by atoms with Crippen molar-refractivity contribution in [2.75, 3.05) is 13.1 Å². The SMILES string of the molecule is Cc1[nH]ncc1S(=O)(=O)N1CCC(C(C)O)C1. The first-order valence-electron chi connectivity index (χ1n) is 5.61. The molecular weight excluding hydrogens is 242 g/mol. The fourth-order valence-corrected chi connectivity index (χ4v) is 3.73. The van der Waals surface area contributed by atoms with Gasteiger partial charge in [-0.25, -0.2) is 8.42 Å². The minimum absolute atomic E-state index is 0.0250. The first kappa shape index (κ1) is 12.5. The zero-order valence-corrected chi connectivity index (χ0v) is 10.7. The number of hydrogen-bond donors (Lipinski definition) is 2. The third-order valence-corrected chi connectivity index (χ3v) is 5.25. The fraction of sp³-hybridized carbons (Fsp3) is 0.700. The number of rotatable bonds is 3. The number of sulfonamides is 1. The molecule has 2 atom stereocenters. The quantitative estimate of drug-likeness (QED) is 0.806. The van der Waals surface area contributed by atoms with Gasteiger partial charge < -0.3 is 5.11 Å². The average molecular weight is 259 g/mol. The highest BCUT2D eigenvalue weighted by Crippen LogP contribution is 2.26. The van der Waals surface area contributed by atoms with Crippen LogP contribution >= 0.6 is 0 Å². The van der Waals surface area contributed by atoms with E-state index in [1.54, 1.807) is 13.8 Å². The first-order chi connectivity index (χ1) is 7.93. The molecular formula is C10H17N3O3S. The van der Waals surface area contributed by atoms with E-state index in [2.05, 4.69) is 10.2 Å². The van der Waals surface area contributed by atoms with E-state index in [-0.39, 0.29) is 10.8 Å². The number of aryl methyl sites for hydroxylation is 1. The second kappa shape index (κ2) is 4.40. The predicted octanol–water partition coefficient (Wildman–Crippen LogP) is 0.110. The largest absolute Gasteiger partial charge is 0.393 e. The third-order valence-electron chi connectivity index (χ3n) is 3.27. The third kappa shape index (κ3) is 2.22. The molecule has 17 heavy (non-hydrogen) atoms. The lowest BCUT2D eigenvalue weighted by atomic mass is 10.0. The Balaban J connectivity index is 2.22. The minimum Gasteiger partial charge on any atom is -0.393 e. The summed E-state index contributed by atoms with van der Waals surface area (Å²) in [5.41, 5.74) is 0.547. The molecule has 1 aliphatic rings. The normalized spacial score (nSPS) is 24.1. The molecule has 0 aliphatic carbocycles. The Labute approximate surface area is 101 Å². The summed E-state index contributed by atoms with van der Waals surface area (Å²) in [5.74, 6) is 0.0250. The lowest BCUT2D eigenvalue weighted by Gasteiger charge is -2.17. The highest BCUT2D eigenvalue weighted by Gasteiger charge is 2.35. The van der Waals surface area contributed by atoms with Crippen LogP contribution in [0.2, 0.25) is 0 Å². The summed E-state index contributed by atoms with van der Waals surface area (Å²) in [6, 6.07) is 0. The van der Waals surface area contributed by atoms with Crippen LogP contribution in [0.15, 0.2) is 11.1 Å². The molecule has 0 saturated carbocycles. The summed E-state index contributed by atoms with van der Waals surface area (Å²) in [7, 11) is -3.46. The summed E-state index contributed by atoms with van der Waals surface area (Å²) >= 11 is 0. The molecule has 1 aromatic heterocycles. The monoisotopic (exact) mass is 259 g/mol. The predicted molar refractivity (Wildman–Crippen MR) is 61.9 cm³/mol. The number of aromatic nitrogens is 2. The van der Waals surface area contributed by atoms with Gasteiger partial charge >= 0.3 is 0 Å². The molecule has 2 N–H and O–H groups in total. The van der Waals surface area contributed by atoms with Gasteiger partial charge in [-0.2, -0.15) is 9.40 Å². The van der Waals surface area contributed by atoms with Crippen LogP contribution in [-0.4, -0.2) is 47.2 Å². The number of aliphatic hydroxyl groups excluding tert-OH is 1. The molecule has 1 saturated heterocycles. The van der Waals surface area contributed by atoms with E-state index in [0.717, 1.165) is 0 Å². The van der Waals surface area contributed by atoms with E-state index in [1.807, 2.05) is 0 Å². The van der Waals surface area contributed by atoms with Crippen molar-refractivity contribution in [3.8, 4) is 0 Å². The maximum Gasteiger partial charge on any atom is 0.246 e. The molecule has 0 bridgehead atoms. The van der Waals surface area contributed by atoms with Crippen LogP contribution in [0.3, 0.4) is 0 Å². The van der Waals surface area contributed by atoms with Crippen molar-refractivity contribution in [3.05, 3.63) is 11.9 Å². The Kier molecular flexibility index (Phi) is 3.24. The van der Waals surface area contributed by atoms with E-state index in [1.165, 1.54) is 10.5 Å². The molecule has 0 amide bonds. The molecule has 1 aliphatic heterocycles. The van der Waals surface area contributed by atoms with Gasteiger partial charge in [0.2, 0.25) is 10.0 Å². The van der Waals surface area contributed by atoms with Gasteiger partial charge in [0, 0.05) is 13.1 Å². The van der Waals surface area contributed by atoms with E-state index in [0.29, 0.717) is 25.2 Å². The molecule has 2 heterocycles. The first-order valence-corrected chi connectivity index (χ1v) is 7.05. The van der Waals surface area contributed by atoms with Crippen LogP contribution in [0.25, 0.3) is 0 Å². The van der Waals surface area contributed by atoms with Crippen molar-refractivity contribution in [2.45, 2.75) is 31.3 Å². The van der Waals surface area contributed by atoms with Gasteiger partial charge in [0.25, 0.3) is 0 Å².